The van der Waals surface area contributed by atoms with Crippen LogP contribution in [0.1, 0.15) is 19.3 Å². The average molecular weight is 370 g/mol. The Bertz CT molecular complexity index is 868. The van der Waals surface area contributed by atoms with Crippen molar-refractivity contribution in [1.82, 2.24) is 0 Å². The molecule has 0 saturated heterocycles. The standard InChI is InChI=1S/C21H22O6/c1-25-16-10-13(23)18-12(22)8-9-21(19(18)20(16)24)26-14-6-2-4-11-5-3-7-15(27-21)17(11)14/h2-7,12,16,18-20,22,24H,8-10H2,1H3. The molecule has 27 heavy (non-hydrogen) atoms. The maximum atomic E-state index is 12.8. The van der Waals surface area contributed by atoms with Gasteiger partial charge in [0, 0.05) is 20.0 Å². The number of Topliss-reactive ketones (excluding diaryl/α,β-unsaturated/α-hetero) is 1. The Balaban J connectivity index is 1.64. The third-order valence-electron chi connectivity index (χ3n) is 6.32. The van der Waals surface area contributed by atoms with Gasteiger partial charge in [0.2, 0.25) is 0 Å². The minimum absolute atomic E-state index is 0.0815. The van der Waals surface area contributed by atoms with Gasteiger partial charge in [0.15, 0.2) is 0 Å². The highest BCUT2D eigenvalue weighted by Gasteiger charge is 2.62. The molecular formula is C21H22O6. The van der Waals surface area contributed by atoms with Gasteiger partial charge in [-0.1, -0.05) is 24.3 Å². The van der Waals surface area contributed by atoms with E-state index in [9.17, 15) is 15.0 Å². The molecule has 2 aliphatic carbocycles. The summed E-state index contributed by atoms with van der Waals surface area (Å²) in [4.78, 5) is 12.8. The molecule has 1 aliphatic heterocycles. The van der Waals surface area contributed by atoms with Crippen molar-refractivity contribution in [3.8, 4) is 11.5 Å². The number of aliphatic hydroxyl groups excluding tert-OH is 2. The molecule has 6 heteroatoms. The number of carbonyl (C=O) groups is 1. The van der Waals surface area contributed by atoms with Crippen molar-refractivity contribution in [3.63, 3.8) is 0 Å². The quantitative estimate of drug-likeness (QED) is 0.799. The molecule has 2 N–H and O–H groups in total. The van der Waals surface area contributed by atoms with Crippen LogP contribution in [-0.2, 0) is 9.53 Å². The van der Waals surface area contributed by atoms with Crippen molar-refractivity contribution < 1.29 is 29.2 Å². The molecule has 1 heterocycles. The van der Waals surface area contributed by atoms with Crippen LogP contribution in [0.3, 0.4) is 0 Å². The van der Waals surface area contributed by atoms with Gasteiger partial charge in [0.1, 0.15) is 17.3 Å². The molecule has 2 saturated carbocycles. The molecule has 0 radical (unpaired) electrons. The molecule has 0 bridgehead atoms. The Hall–Kier alpha value is -2.15. The van der Waals surface area contributed by atoms with E-state index in [4.69, 9.17) is 14.2 Å². The zero-order valence-electron chi connectivity index (χ0n) is 15.0. The Morgan fingerprint density at radius 1 is 1.11 bits per heavy atom. The van der Waals surface area contributed by atoms with Crippen molar-refractivity contribution >= 4 is 16.6 Å². The summed E-state index contributed by atoms with van der Waals surface area (Å²) in [5.74, 6) is -1.43. The van der Waals surface area contributed by atoms with Gasteiger partial charge >= 0.3 is 0 Å². The third kappa shape index (κ3) is 2.33. The summed E-state index contributed by atoms with van der Waals surface area (Å²) in [5, 5.41) is 23.4. The van der Waals surface area contributed by atoms with E-state index in [1.165, 1.54) is 7.11 Å². The number of ether oxygens (including phenoxy) is 3. The first kappa shape index (κ1) is 17.0. The highest BCUT2D eigenvalue weighted by atomic mass is 16.7. The summed E-state index contributed by atoms with van der Waals surface area (Å²) in [7, 11) is 1.48. The molecule has 142 valence electrons. The van der Waals surface area contributed by atoms with Gasteiger partial charge in [-0.2, -0.15) is 0 Å². The number of rotatable bonds is 1. The molecular weight excluding hydrogens is 348 g/mol. The SMILES string of the molecule is COC1CC(=O)C2C(O)CCC3(Oc4cccc5cccc(c45)O3)C2C1O. The van der Waals surface area contributed by atoms with Crippen LogP contribution in [0.4, 0.5) is 0 Å². The molecule has 3 aliphatic rings. The van der Waals surface area contributed by atoms with Crippen LogP contribution in [-0.4, -0.2) is 47.2 Å². The fraction of sp³-hybridized carbons (Fsp3) is 0.476. The molecule has 2 fully saturated rings. The highest BCUT2D eigenvalue weighted by molar-refractivity contribution is 5.94. The largest absolute Gasteiger partial charge is 0.451 e. The van der Waals surface area contributed by atoms with Crippen LogP contribution in [0.5, 0.6) is 11.5 Å². The van der Waals surface area contributed by atoms with Gasteiger partial charge in [0.25, 0.3) is 5.79 Å². The van der Waals surface area contributed by atoms with Crippen molar-refractivity contribution in [2.75, 3.05) is 7.11 Å². The molecule has 2 aromatic carbocycles. The van der Waals surface area contributed by atoms with Crippen molar-refractivity contribution in [3.05, 3.63) is 36.4 Å². The van der Waals surface area contributed by atoms with Crippen molar-refractivity contribution in [2.24, 2.45) is 11.8 Å². The predicted octanol–water partition coefficient (Wildman–Crippen LogP) is 2.04. The van der Waals surface area contributed by atoms with E-state index in [1.54, 1.807) is 0 Å². The van der Waals surface area contributed by atoms with E-state index in [2.05, 4.69) is 0 Å². The van der Waals surface area contributed by atoms with E-state index in [0.717, 1.165) is 10.8 Å². The van der Waals surface area contributed by atoms with E-state index in [0.29, 0.717) is 24.3 Å². The summed E-state index contributed by atoms with van der Waals surface area (Å²) < 4.78 is 18.1. The normalized spacial score (nSPS) is 34.0. The Labute approximate surface area is 156 Å². The molecule has 1 spiro atoms. The number of hydrogen-bond acceptors (Lipinski definition) is 6. The smallest absolute Gasteiger partial charge is 0.257 e. The number of ketones is 1. The van der Waals surface area contributed by atoms with Gasteiger partial charge in [-0.3, -0.25) is 4.79 Å². The lowest BCUT2D eigenvalue weighted by molar-refractivity contribution is -0.255. The molecule has 2 aromatic rings. The first-order chi connectivity index (χ1) is 13.0. The van der Waals surface area contributed by atoms with E-state index in [1.807, 2.05) is 36.4 Å². The second kappa shape index (κ2) is 5.92. The Morgan fingerprint density at radius 2 is 1.78 bits per heavy atom. The van der Waals surface area contributed by atoms with Crippen LogP contribution in [0.2, 0.25) is 0 Å². The van der Waals surface area contributed by atoms with E-state index < -0.39 is 35.9 Å². The first-order valence-electron chi connectivity index (χ1n) is 9.35. The van der Waals surface area contributed by atoms with Gasteiger partial charge in [0.05, 0.1) is 35.5 Å². The lowest BCUT2D eigenvalue weighted by atomic mass is 9.63. The zero-order valence-corrected chi connectivity index (χ0v) is 15.0. The monoisotopic (exact) mass is 370 g/mol. The molecule has 0 amide bonds. The maximum Gasteiger partial charge on any atom is 0.257 e. The zero-order chi connectivity index (χ0) is 18.8. The molecule has 5 rings (SSSR count). The fourth-order valence-electron chi connectivity index (χ4n) is 5.08. The van der Waals surface area contributed by atoms with Gasteiger partial charge in [-0.25, -0.2) is 0 Å². The minimum atomic E-state index is -1.21. The summed E-state index contributed by atoms with van der Waals surface area (Å²) in [6.45, 7) is 0. The average Bonchev–Trinajstić information content (AvgIpc) is 2.67. The number of hydrogen-bond donors (Lipinski definition) is 2. The lowest BCUT2D eigenvalue weighted by Gasteiger charge is -2.54. The number of carbonyl (C=O) groups excluding carboxylic acids is 1. The third-order valence-corrected chi connectivity index (χ3v) is 6.32. The second-order valence-corrected chi connectivity index (χ2v) is 7.72. The maximum absolute atomic E-state index is 12.8. The van der Waals surface area contributed by atoms with Crippen molar-refractivity contribution in [1.29, 1.82) is 0 Å². The topological polar surface area (TPSA) is 85.2 Å². The van der Waals surface area contributed by atoms with Crippen LogP contribution >= 0.6 is 0 Å². The van der Waals surface area contributed by atoms with Crippen LogP contribution in [0.15, 0.2) is 36.4 Å². The van der Waals surface area contributed by atoms with Crippen LogP contribution in [0, 0.1) is 11.8 Å². The second-order valence-electron chi connectivity index (χ2n) is 7.72. The highest BCUT2D eigenvalue weighted by Crippen LogP contribution is 2.52. The summed E-state index contributed by atoms with van der Waals surface area (Å²) in [5.41, 5.74) is 0. The number of methoxy groups -OCH3 is 1. The van der Waals surface area contributed by atoms with Gasteiger partial charge < -0.3 is 24.4 Å². The van der Waals surface area contributed by atoms with Gasteiger partial charge in [-0.15, -0.1) is 0 Å². The van der Waals surface area contributed by atoms with Crippen molar-refractivity contribution in [2.45, 2.75) is 43.4 Å². The Morgan fingerprint density at radius 3 is 2.41 bits per heavy atom. The minimum Gasteiger partial charge on any atom is -0.451 e. The van der Waals surface area contributed by atoms with Crippen LogP contribution < -0.4 is 9.47 Å². The predicted molar refractivity (Wildman–Crippen MR) is 96.6 cm³/mol. The van der Waals surface area contributed by atoms with Gasteiger partial charge in [-0.05, 0) is 23.9 Å². The molecule has 0 aromatic heterocycles. The first-order valence-corrected chi connectivity index (χ1v) is 9.35. The summed E-state index contributed by atoms with van der Waals surface area (Å²) in [6.07, 6.45) is -1.60. The number of fused-ring (bicyclic) bond motifs is 2. The van der Waals surface area contributed by atoms with Crippen LogP contribution in [0.25, 0.3) is 10.8 Å². The molecule has 5 unspecified atom stereocenters. The fourth-order valence-corrected chi connectivity index (χ4v) is 5.08. The lowest BCUT2D eigenvalue weighted by Crippen LogP contribution is -2.67. The van der Waals surface area contributed by atoms with E-state index >= 15 is 0 Å². The number of aliphatic hydroxyl groups is 2. The summed E-state index contributed by atoms with van der Waals surface area (Å²) in [6, 6.07) is 11.6. The Kier molecular flexibility index (Phi) is 3.73. The van der Waals surface area contributed by atoms with E-state index in [-0.39, 0.29) is 12.2 Å². The number of benzene rings is 2. The molecule has 6 nitrogen and oxygen atoms in total. The molecule has 5 atom stereocenters. The summed E-state index contributed by atoms with van der Waals surface area (Å²) >= 11 is 0.